The smallest absolute Gasteiger partial charge is 0.295 e. The third kappa shape index (κ3) is 4.27. The molecule has 0 unspecified atom stereocenters. The number of nitrogens with one attached hydrogen (secondary N) is 2. The van der Waals surface area contributed by atoms with Crippen LogP contribution in [0.15, 0.2) is 58.4 Å². The number of hydrogen-bond donors (Lipinski definition) is 2. The molecule has 0 bridgehead atoms. The Balaban J connectivity index is 1.76. The fraction of sp³-hybridized carbons (Fsp3) is 0.105. The zero-order valence-corrected chi connectivity index (χ0v) is 17.4. The molecular weight excluding hydrogens is 417 g/mol. The monoisotopic (exact) mass is 433 g/mol. The average molecular weight is 434 g/mol. The maximum Gasteiger partial charge on any atom is 0.295 e. The van der Waals surface area contributed by atoms with Gasteiger partial charge in [-0.25, -0.2) is 4.68 Å². The highest BCUT2D eigenvalue weighted by Crippen LogP contribution is 2.19. The highest BCUT2D eigenvalue weighted by molar-refractivity contribution is 7.80. The van der Waals surface area contributed by atoms with Gasteiger partial charge in [0.1, 0.15) is 5.69 Å². The van der Waals surface area contributed by atoms with E-state index in [4.69, 9.17) is 35.4 Å². The number of halogens is 2. The first-order valence-electron chi connectivity index (χ1n) is 8.27. The van der Waals surface area contributed by atoms with Crippen molar-refractivity contribution in [2.24, 2.45) is 12.1 Å². The molecule has 0 aliphatic rings. The summed E-state index contributed by atoms with van der Waals surface area (Å²) in [5.41, 5.74) is 5.04. The maximum atomic E-state index is 12.8. The SMILES string of the molecule is Cc1c(NC(=S)N/N=C/c2ccc(Cl)cc2Cl)c(=O)n(-c2ccccc2)n1C. The summed E-state index contributed by atoms with van der Waals surface area (Å²) in [6, 6.07) is 14.5. The number of aromatic nitrogens is 2. The van der Waals surface area contributed by atoms with Crippen molar-refractivity contribution in [2.75, 3.05) is 5.32 Å². The molecule has 3 rings (SSSR count). The lowest BCUT2D eigenvalue weighted by molar-refractivity contribution is 0.630. The van der Waals surface area contributed by atoms with Gasteiger partial charge >= 0.3 is 0 Å². The largest absolute Gasteiger partial charge is 0.325 e. The van der Waals surface area contributed by atoms with E-state index in [1.54, 1.807) is 27.6 Å². The van der Waals surface area contributed by atoms with Crippen molar-refractivity contribution in [2.45, 2.75) is 6.92 Å². The van der Waals surface area contributed by atoms with Crippen molar-refractivity contribution in [1.29, 1.82) is 0 Å². The Morgan fingerprint density at radius 2 is 1.89 bits per heavy atom. The van der Waals surface area contributed by atoms with E-state index in [2.05, 4.69) is 15.8 Å². The van der Waals surface area contributed by atoms with Crippen molar-refractivity contribution in [3.63, 3.8) is 0 Å². The van der Waals surface area contributed by atoms with Gasteiger partial charge in [-0.3, -0.25) is 14.9 Å². The van der Waals surface area contributed by atoms with Crippen LogP contribution in [-0.2, 0) is 7.05 Å². The molecule has 0 aliphatic heterocycles. The van der Waals surface area contributed by atoms with Crippen LogP contribution in [0.3, 0.4) is 0 Å². The number of nitrogens with zero attached hydrogens (tertiary/aromatic N) is 3. The predicted octanol–water partition coefficient (Wildman–Crippen LogP) is 4.11. The highest BCUT2D eigenvalue weighted by Gasteiger charge is 2.16. The van der Waals surface area contributed by atoms with Crippen LogP contribution in [0.1, 0.15) is 11.3 Å². The molecule has 0 amide bonds. The Kier molecular flexibility index (Phi) is 6.18. The van der Waals surface area contributed by atoms with Crippen molar-refractivity contribution in [1.82, 2.24) is 14.8 Å². The summed E-state index contributed by atoms with van der Waals surface area (Å²) >= 11 is 17.2. The van der Waals surface area contributed by atoms with Crippen LogP contribution >= 0.6 is 35.4 Å². The van der Waals surface area contributed by atoms with Crippen LogP contribution in [0.4, 0.5) is 5.69 Å². The molecule has 144 valence electrons. The number of anilines is 1. The lowest BCUT2D eigenvalue weighted by Crippen LogP contribution is -2.28. The van der Waals surface area contributed by atoms with Gasteiger partial charge in [0.25, 0.3) is 5.56 Å². The minimum absolute atomic E-state index is 0.187. The topological polar surface area (TPSA) is 63.4 Å². The molecule has 2 aromatic carbocycles. The molecule has 2 N–H and O–H groups in total. The van der Waals surface area contributed by atoms with Gasteiger partial charge in [-0.2, -0.15) is 5.10 Å². The molecule has 9 heteroatoms. The van der Waals surface area contributed by atoms with Gasteiger partial charge in [-0.15, -0.1) is 0 Å². The molecule has 0 aliphatic carbocycles. The van der Waals surface area contributed by atoms with E-state index in [0.29, 0.717) is 21.3 Å². The maximum absolute atomic E-state index is 12.8. The first kappa shape index (κ1) is 20.1. The van der Waals surface area contributed by atoms with E-state index < -0.39 is 0 Å². The summed E-state index contributed by atoms with van der Waals surface area (Å²) in [6.45, 7) is 1.84. The molecule has 0 atom stereocenters. The second-order valence-corrected chi connectivity index (χ2v) is 7.18. The summed E-state index contributed by atoms with van der Waals surface area (Å²) in [7, 11) is 1.81. The van der Waals surface area contributed by atoms with Gasteiger partial charge in [0, 0.05) is 17.6 Å². The molecule has 0 saturated heterocycles. The molecule has 1 heterocycles. The lowest BCUT2D eigenvalue weighted by Gasteiger charge is -2.07. The third-order valence-corrected chi connectivity index (χ3v) is 4.88. The number of hydrogen-bond acceptors (Lipinski definition) is 3. The molecule has 6 nitrogen and oxygen atoms in total. The van der Waals surface area contributed by atoms with E-state index in [0.717, 1.165) is 11.4 Å². The van der Waals surface area contributed by atoms with Crippen LogP contribution in [0.5, 0.6) is 0 Å². The fourth-order valence-electron chi connectivity index (χ4n) is 2.62. The summed E-state index contributed by atoms with van der Waals surface area (Å²) in [5, 5.41) is 8.17. The van der Waals surface area contributed by atoms with Gasteiger partial charge in [0.05, 0.1) is 22.6 Å². The second kappa shape index (κ2) is 8.60. The minimum atomic E-state index is -0.208. The molecule has 0 saturated carbocycles. The van der Waals surface area contributed by atoms with E-state index in [1.807, 2.05) is 44.3 Å². The average Bonchev–Trinajstić information content (AvgIpc) is 2.87. The summed E-state index contributed by atoms with van der Waals surface area (Å²) in [6.07, 6.45) is 1.52. The van der Waals surface area contributed by atoms with Crippen LogP contribution in [-0.4, -0.2) is 20.7 Å². The second-order valence-electron chi connectivity index (χ2n) is 5.93. The van der Waals surface area contributed by atoms with Crippen LogP contribution in [0, 0.1) is 6.92 Å². The number of hydrazone groups is 1. The normalized spacial score (nSPS) is 11.0. The fourth-order valence-corrected chi connectivity index (χ4v) is 3.23. The highest BCUT2D eigenvalue weighted by atomic mass is 35.5. The standard InChI is InChI=1S/C19H17Cl2N5OS/c1-12-17(18(27)26(25(12)2)15-6-4-3-5-7-15)23-19(28)24-22-11-13-8-9-14(20)10-16(13)21/h3-11H,1-2H3,(H2,23,24,28)/b22-11+. The molecule has 1 aromatic heterocycles. The Labute approximate surface area is 177 Å². The zero-order chi connectivity index (χ0) is 20.3. The van der Waals surface area contributed by atoms with E-state index in [9.17, 15) is 4.79 Å². The molecule has 0 radical (unpaired) electrons. The van der Waals surface area contributed by atoms with Crippen LogP contribution in [0.2, 0.25) is 10.0 Å². The Hall–Kier alpha value is -2.61. The van der Waals surface area contributed by atoms with Gasteiger partial charge in [-0.1, -0.05) is 47.5 Å². The quantitative estimate of drug-likeness (QED) is 0.369. The van der Waals surface area contributed by atoms with Gasteiger partial charge < -0.3 is 5.32 Å². The van der Waals surface area contributed by atoms with Crippen LogP contribution < -0.4 is 16.3 Å². The Morgan fingerprint density at radius 1 is 1.18 bits per heavy atom. The van der Waals surface area contributed by atoms with Gasteiger partial charge in [0.15, 0.2) is 5.11 Å². The molecule has 0 spiro atoms. The van der Waals surface area contributed by atoms with Crippen molar-refractivity contribution in [3.05, 3.63) is 80.2 Å². The molecule has 3 aromatic rings. The van der Waals surface area contributed by atoms with Gasteiger partial charge in [0.2, 0.25) is 0 Å². The number of rotatable bonds is 4. The van der Waals surface area contributed by atoms with E-state index >= 15 is 0 Å². The Bertz CT molecular complexity index is 1110. The van der Waals surface area contributed by atoms with Gasteiger partial charge in [-0.05, 0) is 43.4 Å². The third-order valence-electron chi connectivity index (χ3n) is 4.12. The number of benzene rings is 2. The molecule has 0 fully saturated rings. The van der Waals surface area contributed by atoms with Crippen molar-refractivity contribution in [3.8, 4) is 5.69 Å². The van der Waals surface area contributed by atoms with E-state index in [1.165, 1.54) is 6.21 Å². The molecular formula is C19H17Cl2N5OS. The van der Waals surface area contributed by atoms with Crippen molar-refractivity contribution >= 4 is 52.4 Å². The number of thiocarbonyl (C=S) groups is 1. The van der Waals surface area contributed by atoms with Crippen molar-refractivity contribution < 1.29 is 0 Å². The summed E-state index contributed by atoms with van der Waals surface area (Å²) in [5.74, 6) is 0. The van der Waals surface area contributed by atoms with Crippen LogP contribution in [0.25, 0.3) is 5.69 Å². The Morgan fingerprint density at radius 3 is 2.57 bits per heavy atom. The zero-order valence-electron chi connectivity index (χ0n) is 15.1. The first-order valence-corrected chi connectivity index (χ1v) is 9.44. The summed E-state index contributed by atoms with van der Waals surface area (Å²) in [4.78, 5) is 12.8. The minimum Gasteiger partial charge on any atom is -0.325 e. The lowest BCUT2D eigenvalue weighted by atomic mass is 10.2. The molecule has 28 heavy (non-hydrogen) atoms. The summed E-state index contributed by atoms with van der Waals surface area (Å²) < 4.78 is 3.33. The van der Waals surface area contributed by atoms with E-state index in [-0.39, 0.29) is 10.7 Å². The number of para-hydroxylation sites is 1. The predicted molar refractivity (Wildman–Crippen MR) is 119 cm³/mol. The first-order chi connectivity index (χ1) is 13.4.